The molecule has 7 heteroatoms. The lowest BCUT2D eigenvalue weighted by Gasteiger charge is -2.68. The summed E-state index contributed by atoms with van der Waals surface area (Å²) in [5, 5.41) is 3.84. The van der Waals surface area contributed by atoms with E-state index >= 15 is 0 Å². The van der Waals surface area contributed by atoms with E-state index in [4.69, 9.17) is 33.7 Å². The predicted molar refractivity (Wildman–Crippen MR) is 80.8 cm³/mol. The molecule has 3 fully saturated rings. The molecule has 4 nitrogen and oxygen atoms in total. The Bertz CT molecular complexity index is 531. The Morgan fingerprint density at radius 3 is 2.50 bits per heavy atom. The van der Waals surface area contributed by atoms with Crippen molar-refractivity contribution in [2.75, 3.05) is 6.61 Å². The van der Waals surface area contributed by atoms with Gasteiger partial charge in [0, 0.05) is 17.1 Å². The zero-order valence-electron chi connectivity index (χ0n) is 10.6. The number of hydrogen-bond donors (Lipinski definition) is 2. The second kappa shape index (κ2) is 5.26. The van der Waals surface area contributed by atoms with E-state index in [-0.39, 0.29) is 36.0 Å². The first kappa shape index (κ1) is 15.7. The molecule has 3 aliphatic carbocycles. The largest absolute Gasteiger partial charge is 0.484 e. The first-order chi connectivity index (χ1) is 8.90. The van der Waals surface area contributed by atoms with Crippen LogP contribution in [0.4, 0.5) is 0 Å². The molecular formula is C13H15Cl3N2O2. The highest BCUT2D eigenvalue weighted by Crippen LogP contribution is 2.58. The van der Waals surface area contributed by atoms with Crippen molar-refractivity contribution in [3.63, 3.8) is 0 Å². The molecule has 110 valence electrons. The summed E-state index contributed by atoms with van der Waals surface area (Å²) in [7, 11) is 0. The number of rotatable bonds is 4. The summed E-state index contributed by atoms with van der Waals surface area (Å²) in [4.78, 5) is 11.8. The molecule has 0 aromatic heterocycles. The molecule has 3 saturated carbocycles. The minimum atomic E-state index is -0.132. The molecular weight excluding hydrogens is 323 g/mol. The Hall–Kier alpha value is -0.680. The molecule has 1 aromatic carbocycles. The van der Waals surface area contributed by atoms with Gasteiger partial charge < -0.3 is 15.8 Å². The molecule has 1 amide bonds. The van der Waals surface area contributed by atoms with Gasteiger partial charge in [-0.2, -0.15) is 0 Å². The number of ether oxygens (including phenoxy) is 1. The van der Waals surface area contributed by atoms with Crippen LogP contribution in [0.25, 0.3) is 0 Å². The Kier molecular flexibility index (Phi) is 4.13. The van der Waals surface area contributed by atoms with E-state index < -0.39 is 0 Å². The number of nitrogens with one attached hydrogen (secondary N) is 1. The first-order valence-electron chi connectivity index (χ1n) is 6.08. The third kappa shape index (κ3) is 2.84. The van der Waals surface area contributed by atoms with Gasteiger partial charge in [-0.15, -0.1) is 12.4 Å². The molecule has 0 aliphatic heterocycles. The zero-order chi connectivity index (χ0) is 13.7. The standard InChI is InChI=1S/C13H14Cl2N2O2.ClH/c14-9-2-1-8(3-10(9)15)19-4-11(18)17-13-5-12(16,6-13)7-13;/h1-3H,4-7,16H2,(H,17,18);1H. The van der Waals surface area contributed by atoms with E-state index in [9.17, 15) is 4.79 Å². The molecule has 3 aliphatic rings. The van der Waals surface area contributed by atoms with E-state index in [1.54, 1.807) is 18.2 Å². The van der Waals surface area contributed by atoms with E-state index in [1.165, 1.54) is 0 Å². The van der Waals surface area contributed by atoms with Crippen LogP contribution >= 0.6 is 35.6 Å². The molecule has 1 aromatic rings. The highest BCUT2D eigenvalue weighted by molar-refractivity contribution is 6.42. The van der Waals surface area contributed by atoms with Crippen LogP contribution in [0.1, 0.15) is 19.3 Å². The summed E-state index contributed by atoms with van der Waals surface area (Å²) in [5.74, 6) is 0.394. The van der Waals surface area contributed by atoms with E-state index in [0.717, 1.165) is 19.3 Å². The zero-order valence-corrected chi connectivity index (χ0v) is 12.9. The molecule has 0 unspecified atom stereocenters. The first-order valence-corrected chi connectivity index (χ1v) is 6.83. The Balaban J connectivity index is 0.00000147. The van der Waals surface area contributed by atoms with Gasteiger partial charge in [0.05, 0.1) is 10.0 Å². The summed E-state index contributed by atoms with van der Waals surface area (Å²) in [6, 6.07) is 4.90. The van der Waals surface area contributed by atoms with E-state index in [2.05, 4.69) is 5.32 Å². The lowest BCUT2D eigenvalue weighted by Crippen LogP contribution is -2.82. The van der Waals surface area contributed by atoms with Gasteiger partial charge in [0.15, 0.2) is 6.61 Å². The third-order valence-electron chi connectivity index (χ3n) is 3.74. The summed E-state index contributed by atoms with van der Waals surface area (Å²) >= 11 is 11.7. The van der Waals surface area contributed by atoms with Crippen LogP contribution in [0.3, 0.4) is 0 Å². The highest BCUT2D eigenvalue weighted by atomic mass is 35.5. The van der Waals surface area contributed by atoms with Crippen molar-refractivity contribution in [2.24, 2.45) is 5.73 Å². The normalized spacial score (nSPS) is 29.6. The SMILES string of the molecule is Cl.NC12CC(NC(=O)COc3ccc(Cl)c(Cl)c3)(C1)C2. The van der Waals surface area contributed by atoms with Crippen molar-refractivity contribution in [1.29, 1.82) is 0 Å². The lowest BCUT2D eigenvalue weighted by molar-refractivity contribution is -0.137. The fraction of sp³-hybridized carbons (Fsp3) is 0.462. The van der Waals surface area contributed by atoms with Crippen LogP contribution < -0.4 is 15.8 Å². The summed E-state index contributed by atoms with van der Waals surface area (Å²) < 4.78 is 5.37. The quantitative estimate of drug-likeness (QED) is 0.887. The lowest BCUT2D eigenvalue weighted by atomic mass is 9.44. The predicted octanol–water partition coefficient (Wildman–Crippen LogP) is 2.54. The maximum Gasteiger partial charge on any atom is 0.258 e. The number of carbonyl (C=O) groups excluding carboxylic acids is 1. The summed E-state index contributed by atoms with van der Waals surface area (Å²) in [5.41, 5.74) is 5.86. The average molecular weight is 338 g/mol. The number of amides is 1. The monoisotopic (exact) mass is 336 g/mol. The second-order valence-electron chi connectivity index (χ2n) is 5.59. The molecule has 0 atom stereocenters. The Labute approximate surface area is 133 Å². The van der Waals surface area contributed by atoms with Gasteiger partial charge in [-0.05, 0) is 31.4 Å². The Morgan fingerprint density at radius 2 is 1.95 bits per heavy atom. The van der Waals surface area contributed by atoms with Crippen molar-refractivity contribution in [3.8, 4) is 5.75 Å². The molecule has 0 radical (unpaired) electrons. The number of halogens is 3. The van der Waals surface area contributed by atoms with Crippen molar-refractivity contribution < 1.29 is 9.53 Å². The van der Waals surface area contributed by atoms with Crippen LogP contribution in [0, 0.1) is 0 Å². The minimum Gasteiger partial charge on any atom is -0.484 e. The van der Waals surface area contributed by atoms with Crippen molar-refractivity contribution >= 4 is 41.5 Å². The van der Waals surface area contributed by atoms with Crippen LogP contribution in [-0.4, -0.2) is 23.6 Å². The molecule has 20 heavy (non-hydrogen) atoms. The molecule has 3 N–H and O–H groups in total. The molecule has 2 bridgehead atoms. The van der Waals surface area contributed by atoms with Gasteiger partial charge in [-0.25, -0.2) is 0 Å². The van der Waals surface area contributed by atoms with Crippen LogP contribution in [-0.2, 0) is 4.79 Å². The molecule has 0 heterocycles. The highest BCUT2D eigenvalue weighted by Gasteiger charge is 2.66. The van der Waals surface area contributed by atoms with Gasteiger partial charge in [0.2, 0.25) is 0 Å². The smallest absolute Gasteiger partial charge is 0.258 e. The third-order valence-corrected chi connectivity index (χ3v) is 4.48. The number of benzene rings is 1. The fourth-order valence-corrected chi connectivity index (χ4v) is 3.33. The average Bonchev–Trinajstić information content (AvgIpc) is 2.27. The van der Waals surface area contributed by atoms with E-state index in [0.29, 0.717) is 15.8 Å². The Morgan fingerprint density at radius 1 is 1.30 bits per heavy atom. The van der Waals surface area contributed by atoms with Gasteiger partial charge in [-0.1, -0.05) is 23.2 Å². The fourth-order valence-electron chi connectivity index (χ4n) is 3.05. The maximum absolute atomic E-state index is 11.8. The van der Waals surface area contributed by atoms with Crippen LogP contribution in [0.5, 0.6) is 5.75 Å². The second-order valence-corrected chi connectivity index (χ2v) is 6.40. The molecule has 0 saturated heterocycles. The summed E-state index contributed by atoms with van der Waals surface area (Å²) in [6.45, 7) is -0.0305. The van der Waals surface area contributed by atoms with Crippen LogP contribution in [0.2, 0.25) is 10.0 Å². The topological polar surface area (TPSA) is 64.3 Å². The number of nitrogens with two attached hydrogens (primary N) is 1. The number of hydrogen-bond acceptors (Lipinski definition) is 3. The maximum atomic E-state index is 11.8. The van der Waals surface area contributed by atoms with Gasteiger partial charge in [-0.3, -0.25) is 4.79 Å². The van der Waals surface area contributed by atoms with Crippen molar-refractivity contribution in [3.05, 3.63) is 28.2 Å². The van der Waals surface area contributed by atoms with Crippen LogP contribution in [0.15, 0.2) is 18.2 Å². The van der Waals surface area contributed by atoms with Gasteiger partial charge in [0.1, 0.15) is 5.75 Å². The van der Waals surface area contributed by atoms with Gasteiger partial charge in [0.25, 0.3) is 5.91 Å². The van der Waals surface area contributed by atoms with Crippen molar-refractivity contribution in [2.45, 2.75) is 30.3 Å². The molecule has 4 rings (SSSR count). The van der Waals surface area contributed by atoms with Gasteiger partial charge >= 0.3 is 0 Å². The summed E-state index contributed by atoms with van der Waals surface area (Å²) in [6.07, 6.45) is 2.62. The van der Waals surface area contributed by atoms with Crippen molar-refractivity contribution in [1.82, 2.24) is 5.32 Å². The number of carbonyl (C=O) groups is 1. The molecule has 0 spiro atoms. The van der Waals surface area contributed by atoms with E-state index in [1.807, 2.05) is 0 Å². The minimum absolute atomic E-state index is 0.